The largest absolute Gasteiger partial charge is 0.494 e. The number of anilines is 1. The average Bonchev–Trinajstić information content (AvgIpc) is 2.62. The zero-order chi connectivity index (χ0) is 18.9. The molecular formula is C19H25FIN3O3. The smallest absolute Gasteiger partial charge is 0.193 e. The zero-order valence-corrected chi connectivity index (χ0v) is 17.6. The molecule has 0 bridgehead atoms. The SMILES string of the molecule is CCOc1ccc(OCC)c(NC(N)=NCC(O)c2ccccc2F)c1.I. The number of hydrogen-bond acceptors (Lipinski definition) is 4. The van der Waals surface area contributed by atoms with Crippen LogP contribution in [0.25, 0.3) is 0 Å². The summed E-state index contributed by atoms with van der Waals surface area (Å²) < 4.78 is 24.7. The van der Waals surface area contributed by atoms with E-state index in [1.54, 1.807) is 30.3 Å². The molecule has 1 atom stereocenters. The van der Waals surface area contributed by atoms with Crippen LogP contribution in [-0.4, -0.2) is 30.8 Å². The van der Waals surface area contributed by atoms with Crippen LogP contribution in [0.3, 0.4) is 0 Å². The van der Waals surface area contributed by atoms with Crippen molar-refractivity contribution in [1.82, 2.24) is 0 Å². The molecule has 0 spiro atoms. The molecule has 0 aliphatic carbocycles. The Morgan fingerprint density at radius 2 is 1.89 bits per heavy atom. The summed E-state index contributed by atoms with van der Waals surface area (Å²) in [6.07, 6.45) is -1.09. The Balaban J connectivity index is 0.00000364. The number of guanidine groups is 1. The summed E-state index contributed by atoms with van der Waals surface area (Å²) in [6, 6.07) is 11.3. The number of nitrogens with two attached hydrogens (primary N) is 1. The second-order valence-electron chi connectivity index (χ2n) is 5.41. The van der Waals surface area contributed by atoms with E-state index < -0.39 is 11.9 Å². The van der Waals surface area contributed by atoms with Crippen molar-refractivity contribution in [3.63, 3.8) is 0 Å². The number of nitrogens with one attached hydrogen (secondary N) is 1. The van der Waals surface area contributed by atoms with Gasteiger partial charge in [-0.3, -0.25) is 4.99 Å². The highest BCUT2D eigenvalue weighted by Crippen LogP contribution is 2.29. The highest BCUT2D eigenvalue weighted by atomic mass is 127. The standard InChI is InChI=1S/C19H24FN3O3.HI/c1-3-25-13-9-10-18(26-4-2)16(11-13)23-19(21)22-12-17(24)14-7-5-6-8-15(14)20;/h5-11,17,24H,3-4,12H2,1-2H3,(H3,21,22,23);1H. The van der Waals surface area contributed by atoms with Crippen LogP contribution < -0.4 is 20.5 Å². The van der Waals surface area contributed by atoms with Crippen LogP contribution in [-0.2, 0) is 0 Å². The Labute approximate surface area is 175 Å². The Morgan fingerprint density at radius 1 is 1.19 bits per heavy atom. The molecule has 8 heteroatoms. The lowest BCUT2D eigenvalue weighted by Gasteiger charge is -2.14. The first-order chi connectivity index (χ1) is 12.5. The molecule has 0 aliphatic heterocycles. The average molecular weight is 489 g/mol. The molecule has 0 fully saturated rings. The number of rotatable bonds is 8. The van der Waals surface area contributed by atoms with Gasteiger partial charge < -0.3 is 25.6 Å². The van der Waals surface area contributed by atoms with Gasteiger partial charge in [0.25, 0.3) is 0 Å². The first-order valence-electron chi connectivity index (χ1n) is 8.44. The van der Waals surface area contributed by atoms with Crippen molar-refractivity contribution >= 4 is 35.6 Å². The predicted molar refractivity (Wildman–Crippen MR) is 116 cm³/mol. The molecule has 4 N–H and O–H groups in total. The molecule has 2 aromatic rings. The Bertz CT molecular complexity index is 759. The van der Waals surface area contributed by atoms with Crippen molar-refractivity contribution in [3.05, 3.63) is 53.8 Å². The van der Waals surface area contributed by atoms with Crippen molar-refractivity contribution in [2.45, 2.75) is 20.0 Å². The Hall–Kier alpha value is -2.07. The van der Waals surface area contributed by atoms with E-state index in [0.717, 1.165) is 0 Å². The topological polar surface area (TPSA) is 89.1 Å². The Kier molecular flexibility index (Phi) is 9.87. The highest BCUT2D eigenvalue weighted by Gasteiger charge is 2.12. The number of hydrogen-bond donors (Lipinski definition) is 3. The Morgan fingerprint density at radius 3 is 2.56 bits per heavy atom. The first kappa shape index (κ1) is 23.0. The van der Waals surface area contributed by atoms with E-state index in [-0.39, 0.29) is 42.0 Å². The van der Waals surface area contributed by atoms with E-state index in [4.69, 9.17) is 15.2 Å². The molecule has 0 saturated heterocycles. The summed E-state index contributed by atoms with van der Waals surface area (Å²) >= 11 is 0. The minimum Gasteiger partial charge on any atom is -0.494 e. The first-order valence-corrected chi connectivity index (χ1v) is 8.44. The number of benzene rings is 2. The van der Waals surface area contributed by atoms with Crippen molar-refractivity contribution in [3.8, 4) is 11.5 Å². The van der Waals surface area contributed by atoms with Gasteiger partial charge in [0, 0.05) is 11.6 Å². The lowest BCUT2D eigenvalue weighted by Crippen LogP contribution is -2.24. The summed E-state index contributed by atoms with van der Waals surface area (Å²) in [6.45, 7) is 4.72. The summed E-state index contributed by atoms with van der Waals surface area (Å²) in [5.74, 6) is 0.862. The van der Waals surface area contributed by atoms with Crippen LogP contribution in [0.5, 0.6) is 11.5 Å². The third kappa shape index (κ3) is 6.87. The number of halogens is 2. The van der Waals surface area contributed by atoms with Gasteiger partial charge in [-0.25, -0.2) is 4.39 Å². The van der Waals surface area contributed by atoms with E-state index in [0.29, 0.717) is 30.4 Å². The molecule has 0 radical (unpaired) electrons. The minimum atomic E-state index is -1.09. The van der Waals surface area contributed by atoms with E-state index >= 15 is 0 Å². The maximum atomic E-state index is 13.7. The normalized spacial score (nSPS) is 12.1. The van der Waals surface area contributed by atoms with Crippen LogP contribution in [0.1, 0.15) is 25.5 Å². The van der Waals surface area contributed by atoms with Gasteiger partial charge in [-0.2, -0.15) is 0 Å². The van der Waals surface area contributed by atoms with Gasteiger partial charge in [0.1, 0.15) is 23.4 Å². The van der Waals surface area contributed by atoms with E-state index in [1.165, 1.54) is 12.1 Å². The van der Waals surface area contributed by atoms with Gasteiger partial charge in [-0.05, 0) is 32.0 Å². The monoisotopic (exact) mass is 489 g/mol. The van der Waals surface area contributed by atoms with Gasteiger partial charge >= 0.3 is 0 Å². The minimum absolute atomic E-state index is 0. The molecular weight excluding hydrogens is 464 g/mol. The van der Waals surface area contributed by atoms with Crippen LogP contribution in [0, 0.1) is 5.82 Å². The second-order valence-corrected chi connectivity index (χ2v) is 5.41. The van der Waals surface area contributed by atoms with E-state index in [2.05, 4.69) is 10.3 Å². The molecule has 2 rings (SSSR count). The summed E-state index contributed by atoms with van der Waals surface area (Å²) in [7, 11) is 0. The summed E-state index contributed by atoms with van der Waals surface area (Å²) in [5, 5.41) is 13.0. The van der Waals surface area contributed by atoms with Gasteiger partial charge in [-0.1, -0.05) is 18.2 Å². The van der Waals surface area contributed by atoms with E-state index in [1.807, 2.05) is 13.8 Å². The molecule has 148 valence electrons. The lowest BCUT2D eigenvalue weighted by molar-refractivity contribution is 0.182. The van der Waals surface area contributed by atoms with Gasteiger partial charge in [0.2, 0.25) is 0 Å². The third-order valence-electron chi connectivity index (χ3n) is 3.52. The lowest BCUT2D eigenvalue weighted by atomic mass is 10.1. The van der Waals surface area contributed by atoms with Crippen molar-refractivity contribution in [1.29, 1.82) is 0 Å². The number of ether oxygens (including phenoxy) is 2. The maximum Gasteiger partial charge on any atom is 0.193 e. The molecule has 6 nitrogen and oxygen atoms in total. The fourth-order valence-electron chi connectivity index (χ4n) is 2.35. The number of aliphatic hydroxyl groups is 1. The fourth-order valence-corrected chi connectivity index (χ4v) is 2.35. The quantitative estimate of drug-likeness (QED) is 0.299. The number of aliphatic imine (C=N–C) groups is 1. The molecule has 2 aromatic carbocycles. The van der Waals surface area contributed by atoms with Crippen LogP contribution in [0.15, 0.2) is 47.5 Å². The summed E-state index contributed by atoms with van der Waals surface area (Å²) in [4.78, 5) is 4.08. The van der Waals surface area contributed by atoms with Crippen LogP contribution in [0.2, 0.25) is 0 Å². The summed E-state index contributed by atoms with van der Waals surface area (Å²) in [5.41, 5.74) is 6.67. The molecule has 27 heavy (non-hydrogen) atoms. The van der Waals surface area contributed by atoms with Crippen LogP contribution in [0.4, 0.5) is 10.1 Å². The molecule has 0 heterocycles. The maximum absolute atomic E-state index is 13.7. The molecule has 1 unspecified atom stereocenters. The molecule has 0 amide bonds. The van der Waals surface area contributed by atoms with Crippen molar-refractivity contribution in [2.24, 2.45) is 10.7 Å². The second kappa shape index (κ2) is 11.6. The molecule has 0 aliphatic rings. The molecule has 0 aromatic heterocycles. The number of aliphatic hydroxyl groups excluding tert-OH is 1. The van der Waals surface area contributed by atoms with E-state index in [9.17, 15) is 9.50 Å². The fraction of sp³-hybridized carbons (Fsp3) is 0.316. The van der Waals surface area contributed by atoms with Crippen LogP contribution >= 0.6 is 24.0 Å². The molecule has 0 saturated carbocycles. The van der Waals surface area contributed by atoms with Gasteiger partial charge in [0.15, 0.2) is 5.96 Å². The highest BCUT2D eigenvalue weighted by molar-refractivity contribution is 14.0. The predicted octanol–water partition coefficient (Wildman–Crippen LogP) is 3.70. The third-order valence-corrected chi connectivity index (χ3v) is 3.52. The van der Waals surface area contributed by atoms with Crippen molar-refractivity contribution in [2.75, 3.05) is 25.1 Å². The van der Waals surface area contributed by atoms with Gasteiger partial charge in [0.05, 0.1) is 25.4 Å². The number of nitrogens with zero attached hydrogens (tertiary/aromatic N) is 1. The van der Waals surface area contributed by atoms with Gasteiger partial charge in [-0.15, -0.1) is 24.0 Å². The van der Waals surface area contributed by atoms with Crippen molar-refractivity contribution < 1.29 is 19.0 Å². The zero-order valence-electron chi connectivity index (χ0n) is 15.3.